The van der Waals surface area contributed by atoms with Crippen LogP contribution in [0.5, 0.6) is 0 Å². The fraction of sp³-hybridized carbons (Fsp3) is 0.412. The molecule has 8 heteroatoms. The lowest BCUT2D eigenvalue weighted by Gasteiger charge is -2.26. The van der Waals surface area contributed by atoms with Crippen molar-refractivity contribution in [3.8, 4) is 0 Å². The number of imide groups is 1. The van der Waals surface area contributed by atoms with Crippen molar-refractivity contribution in [2.24, 2.45) is 5.92 Å². The van der Waals surface area contributed by atoms with Crippen LogP contribution in [0.1, 0.15) is 36.0 Å². The molecule has 1 aromatic rings. The minimum atomic E-state index is -0.773. The fourth-order valence-electron chi connectivity index (χ4n) is 3.20. The number of amides is 4. The van der Waals surface area contributed by atoms with E-state index in [4.69, 9.17) is 5.11 Å². The van der Waals surface area contributed by atoms with Gasteiger partial charge in [-0.15, -0.1) is 0 Å². The van der Waals surface area contributed by atoms with Gasteiger partial charge in [-0.1, -0.05) is 0 Å². The molecule has 0 bridgehead atoms. The lowest BCUT2D eigenvalue weighted by Crippen LogP contribution is -2.38. The molecule has 0 aromatic heterocycles. The molecule has 4 amide bonds. The summed E-state index contributed by atoms with van der Waals surface area (Å²) in [7, 11) is 0. The summed E-state index contributed by atoms with van der Waals surface area (Å²) in [5.74, 6) is -1.68. The van der Waals surface area contributed by atoms with Gasteiger partial charge in [0, 0.05) is 17.3 Å². The highest BCUT2D eigenvalue weighted by Gasteiger charge is 2.29. The normalized spacial score (nSPS) is 23.3. The molecule has 3 N–H and O–H groups in total. The fourth-order valence-corrected chi connectivity index (χ4v) is 3.20. The van der Waals surface area contributed by atoms with Crippen molar-refractivity contribution in [1.82, 2.24) is 10.6 Å². The van der Waals surface area contributed by atoms with Crippen LogP contribution >= 0.6 is 0 Å². The highest BCUT2D eigenvalue weighted by atomic mass is 16.4. The third-order valence-corrected chi connectivity index (χ3v) is 4.65. The molecule has 1 aliphatic heterocycles. The zero-order chi connectivity index (χ0) is 18.0. The molecule has 1 heterocycles. The van der Waals surface area contributed by atoms with Gasteiger partial charge in [-0.2, -0.15) is 0 Å². The molecule has 1 saturated carbocycles. The second-order valence-electron chi connectivity index (χ2n) is 6.35. The Morgan fingerprint density at radius 3 is 2.24 bits per heavy atom. The molecule has 8 nitrogen and oxygen atoms in total. The summed E-state index contributed by atoms with van der Waals surface area (Å²) in [6, 6.07) is 5.94. The molecule has 1 aromatic carbocycles. The average molecular weight is 345 g/mol. The Kier molecular flexibility index (Phi) is 4.69. The van der Waals surface area contributed by atoms with E-state index in [1.54, 1.807) is 24.3 Å². The molecule has 2 fully saturated rings. The molecule has 2 aliphatic rings. The number of carbonyl (C=O) groups excluding carboxylic acids is 3. The van der Waals surface area contributed by atoms with E-state index >= 15 is 0 Å². The van der Waals surface area contributed by atoms with Crippen molar-refractivity contribution in [3.05, 3.63) is 29.8 Å². The van der Waals surface area contributed by atoms with Gasteiger partial charge in [0.25, 0.3) is 5.91 Å². The van der Waals surface area contributed by atoms with Crippen LogP contribution in [0, 0.1) is 5.92 Å². The molecule has 1 aliphatic carbocycles. The summed E-state index contributed by atoms with van der Waals surface area (Å²) < 4.78 is 0. The zero-order valence-corrected chi connectivity index (χ0v) is 13.5. The lowest BCUT2D eigenvalue weighted by atomic mass is 9.86. The van der Waals surface area contributed by atoms with Crippen LogP contribution in [0.4, 0.5) is 10.5 Å². The number of aliphatic carboxylic acids is 1. The van der Waals surface area contributed by atoms with Crippen molar-refractivity contribution >= 4 is 29.5 Å². The summed E-state index contributed by atoms with van der Waals surface area (Å²) in [5.41, 5.74) is 0.997. The number of rotatable bonds is 4. The standard InChI is InChI=1S/C17H19N3O5/c21-14-9-20(17(25)19-14)13-7-3-10(4-8-13)15(22)18-12-5-1-11(2-6-12)16(23)24/h3-4,7-8,11-12H,1-2,5-6,9H2,(H,18,22)(H,23,24)(H,19,21,25). The number of carboxylic acid groups (broad SMARTS) is 1. The monoisotopic (exact) mass is 345 g/mol. The number of carbonyl (C=O) groups is 4. The van der Waals surface area contributed by atoms with E-state index in [1.165, 1.54) is 4.90 Å². The van der Waals surface area contributed by atoms with Crippen LogP contribution in [0.2, 0.25) is 0 Å². The number of hydrogen-bond donors (Lipinski definition) is 3. The molecule has 0 atom stereocenters. The molecular weight excluding hydrogens is 326 g/mol. The summed E-state index contributed by atoms with van der Waals surface area (Å²) in [6.07, 6.45) is 2.43. The van der Waals surface area contributed by atoms with E-state index in [-0.39, 0.29) is 30.3 Å². The first-order valence-corrected chi connectivity index (χ1v) is 8.19. The second kappa shape index (κ2) is 6.92. The molecule has 0 spiro atoms. The Morgan fingerprint density at radius 2 is 1.72 bits per heavy atom. The van der Waals surface area contributed by atoms with Crippen LogP contribution in [0.25, 0.3) is 0 Å². The molecule has 1 saturated heterocycles. The molecular formula is C17H19N3O5. The van der Waals surface area contributed by atoms with E-state index in [1.807, 2.05) is 0 Å². The van der Waals surface area contributed by atoms with Crippen LogP contribution in [0.3, 0.4) is 0 Å². The van der Waals surface area contributed by atoms with Crippen LogP contribution in [-0.2, 0) is 9.59 Å². The van der Waals surface area contributed by atoms with Gasteiger partial charge in [-0.3, -0.25) is 24.6 Å². The minimum Gasteiger partial charge on any atom is -0.481 e. The topological polar surface area (TPSA) is 116 Å². The van der Waals surface area contributed by atoms with Gasteiger partial charge in [0.1, 0.15) is 6.54 Å². The van der Waals surface area contributed by atoms with E-state index in [0.29, 0.717) is 36.9 Å². The predicted octanol–water partition coefficient (Wildman–Crippen LogP) is 1.12. The SMILES string of the molecule is O=C1CN(c2ccc(C(=O)NC3CCC(C(=O)O)CC3)cc2)C(=O)N1. The first-order valence-electron chi connectivity index (χ1n) is 8.19. The Bertz CT molecular complexity index is 707. The molecule has 0 unspecified atom stereocenters. The summed E-state index contributed by atoms with van der Waals surface area (Å²) in [5, 5.41) is 14.1. The second-order valence-corrected chi connectivity index (χ2v) is 6.35. The third-order valence-electron chi connectivity index (χ3n) is 4.65. The van der Waals surface area contributed by atoms with Crippen molar-refractivity contribution in [3.63, 3.8) is 0 Å². The Hall–Kier alpha value is -2.90. The van der Waals surface area contributed by atoms with Gasteiger partial charge in [-0.05, 0) is 49.9 Å². The lowest BCUT2D eigenvalue weighted by molar-refractivity contribution is -0.142. The summed E-state index contributed by atoms with van der Waals surface area (Å²) in [4.78, 5) is 47.4. The van der Waals surface area contributed by atoms with Crippen molar-refractivity contribution < 1.29 is 24.3 Å². The minimum absolute atomic E-state index is 0.0234. The Morgan fingerprint density at radius 1 is 1.08 bits per heavy atom. The third kappa shape index (κ3) is 3.78. The van der Waals surface area contributed by atoms with Crippen molar-refractivity contribution in [2.45, 2.75) is 31.7 Å². The maximum atomic E-state index is 12.3. The molecule has 25 heavy (non-hydrogen) atoms. The number of benzene rings is 1. The van der Waals surface area contributed by atoms with Crippen LogP contribution in [0.15, 0.2) is 24.3 Å². The van der Waals surface area contributed by atoms with E-state index in [0.717, 1.165) is 0 Å². The zero-order valence-electron chi connectivity index (χ0n) is 13.5. The van der Waals surface area contributed by atoms with Crippen LogP contribution < -0.4 is 15.5 Å². The maximum Gasteiger partial charge on any atom is 0.329 e. The van der Waals surface area contributed by atoms with Crippen LogP contribution in [-0.4, -0.2) is 41.5 Å². The van der Waals surface area contributed by atoms with E-state index < -0.39 is 12.0 Å². The summed E-state index contributed by atoms with van der Waals surface area (Å²) in [6.45, 7) is -0.0306. The number of anilines is 1. The van der Waals surface area contributed by atoms with Gasteiger partial charge >= 0.3 is 12.0 Å². The van der Waals surface area contributed by atoms with Gasteiger partial charge in [0.2, 0.25) is 5.91 Å². The number of nitrogens with one attached hydrogen (secondary N) is 2. The molecule has 0 radical (unpaired) electrons. The average Bonchev–Trinajstić information content (AvgIpc) is 2.94. The quantitative estimate of drug-likeness (QED) is 0.707. The number of nitrogens with zero attached hydrogens (tertiary/aromatic N) is 1. The van der Waals surface area contributed by atoms with Gasteiger partial charge in [-0.25, -0.2) is 4.79 Å². The first kappa shape index (κ1) is 16.9. The van der Waals surface area contributed by atoms with E-state index in [9.17, 15) is 19.2 Å². The maximum absolute atomic E-state index is 12.3. The number of hydrogen-bond acceptors (Lipinski definition) is 4. The predicted molar refractivity (Wildman–Crippen MR) is 88.2 cm³/mol. The molecule has 132 valence electrons. The molecule has 3 rings (SSSR count). The highest BCUT2D eigenvalue weighted by Crippen LogP contribution is 2.25. The van der Waals surface area contributed by atoms with Crippen molar-refractivity contribution in [2.75, 3.05) is 11.4 Å². The van der Waals surface area contributed by atoms with Gasteiger partial charge < -0.3 is 10.4 Å². The first-order chi connectivity index (χ1) is 11.9. The Labute approximate surface area is 144 Å². The van der Waals surface area contributed by atoms with Gasteiger partial charge in [0.15, 0.2) is 0 Å². The Balaban J connectivity index is 1.57. The smallest absolute Gasteiger partial charge is 0.329 e. The van der Waals surface area contributed by atoms with E-state index in [2.05, 4.69) is 10.6 Å². The van der Waals surface area contributed by atoms with Gasteiger partial charge in [0.05, 0.1) is 5.92 Å². The highest BCUT2D eigenvalue weighted by molar-refractivity contribution is 6.12. The van der Waals surface area contributed by atoms with Crippen molar-refractivity contribution in [1.29, 1.82) is 0 Å². The largest absolute Gasteiger partial charge is 0.481 e. The summed E-state index contributed by atoms with van der Waals surface area (Å²) >= 11 is 0. The number of urea groups is 1. The number of carboxylic acids is 1.